The maximum Gasteiger partial charge on any atom is 0.189 e. The van der Waals surface area contributed by atoms with E-state index in [0.717, 1.165) is 17.2 Å². The van der Waals surface area contributed by atoms with Gasteiger partial charge < -0.3 is 11.1 Å². The Labute approximate surface area is 119 Å². The summed E-state index contributed by atoms with van der Waals surface area (Å²) < 4.78 is 0. The van der Waals surface area contributed by atoms with Crippen molar-refractivity contribution in [2.45, 2.75) is 40.3 Å². The summed E-state index contributed by atoms with van der Waals surface area (Å²) in [5, 5.41) is 3.03. The molecule has 3 N–H and O–H groups in total. The highest BCUT2D eigenvalue weighted by Gasteiger charge is 1.99. The Morgan fingerprint density at radius 2 is 2.06 bits per heavy atom. The molecule has 17 heavy (non-hydrogen) atoms. The summed E-state index contributed by atoms with van der Waals surface area (Å²) in [6.45, 7) is 8.33. The minimum absolute atomic E-state index is 0. The number of aromatic nitrogens is 2. The molecule has 0 aromatic carbocycles. The van der Waals surface area contributed by atoms with Gasteiger partial charge in [0, 0.05) is 11.7 Å². The second-order valence-electron chi connectivity index (χ2n) is 4.05. The fourth-order valence-electron chi connectivity index (χ4n) is 1.38. The Morgan fingerprint density at radius 1 is 1.41 bits per heavy atom. The van der Waals surface area contributed by atoms with Crippen molar-refractivity contribution in [3.63, 3.8) is 0 Å². The second kappa shape index (κ2) is 7.41. The molecule has 0 saturated heterocycles. The molecule has 0 fully saturated rings. The van der Waals surface area contributed by atoms with Crippen molar-refractivity contribution in [3.8, 4) is 0 Å². The van der Waals surface area contributed by atoms with E-state index in [1.165, 1.54) is 0 Å². The molecule has 0 unspecified atom stereocenters. The first-order chi connectivity index (χ1) is 7.47. The van der Waals surface area contributed by atoms with Crippen molar-refractivity contribution in [1.29, 1.82) is 0 Å². The van der Waals surface area contributed by atoms with Crippen molar-refractivity contribution in [2.24, 2.45) is 10.7 Å². The van der Waals surface area contributed by atoms with Crippen molar-refractivity contribution in [3.05, 3.63) is 23.3 Å². The summed E-state index contributed by atoms with van der Waals surface area (Å²) in [6.07, 6.45) is 0. The average molecular weight is 349 g/mol. The van der Waals surface area contributed by atoms with Gasteiger partial charge >= 0.3 is 0 Å². The van der Waals surface area contributed by atoms with E-state index < -0.39 is 0 Å². The van der Waals surface area contributed by atoms with Crippen LogP contribution in [-0.2, 0) is 6.54 Å². The van der Waals surface area contributed by atoms with E-state index in [2.05, 4.69) is 20.3 Å². The highest BCUT2D eigenvalue weighted by Crippen LogP contribution is 2.01. The average Bonchev–Trinajstić information content (AvgIpc) is 2.12. The number of nitrogens with two attached hydrogens (primary N) is 1. The monoisotopic (exact) mass is 349 g/mol. The fraction of sp³-hybridized carbons (Fsp3) is 0.545. The van der Waals surface area contributed by atoms with Gasteiger partial charge in [0.15, 0.2) is 5.96 Å². The van der Waals surface area contributed by atoms with E-state index in [9.17, 15) is 0 Å². The van der Waals surface area contributed by atoms with Crippen LogP contribution in [0.3, 0.4) is 0 Å². The Balaban J connectivity index is 0.00000256. The minimum atomic E-state index is 0. The molecule has 0 radical (unpaired) electrons. The molecule has 5 nitrogen and oxygen atoms in total. The highest BCUT2D eigenvalue weighted by molar-refractivity contribution is 14.0. The number of nitrogens with zero attached hydrogens (tertiary/aromatic N) is 3. The first-order valence-corrected chi connectivity index (χ1v) is 5.35. The lowest BCUT2D eigenvalue weighted by atomic mass is 10.3. The third kappa shape index (κ3) is 6.40. The van der Waals surface area contributed by atoms with Crippen molar-refractivity contribution >= 4 is 29.9 Å². The minimum Gasteiger partial charge on any atom is -0.370 e. The molecular formula is C11H20IN5. The number of guanidine groups is 1. The van der Waals surface area contributed by atoms with Gasteiger partial charge in [-0.05, 0) is 33.8 Å². The van der Waals surface area contributed by atoms with Crippen molar-refractivity contribution in [1.82, 2.24) is 15.3 Å². The van der Waals surface area contributed by atoms with Crippen LogP contribution in [0.1, 0.15) is 31.1 Å². The van der Waals surface area contributed by atoms with Gasteiger partial charge in [-0.1, -0.05) is 0 Å². The third-order valence-electron chi connectivity index (χ3n) is 1.87. The summed E-state index contributed by atoms with van der Waals surface area (Å²) >= 11 is 0. The van der Waals surface area contributed by atoms with E-state index >= 15 is 0 Å². The lowest BCUT2D eigenvalue weighted by Crippen LogP contribution is -2.36. The molecule has 0 spiro atoms. The van der Waals surface area contributed by atoms with Gasteiger partial charge in [0.25, 0.3) is 0 Å². The quantitative estimate of drug-likeness (QED) is 0.493. The fourth-order valence-corrected chi connectivity index (χ4v) is 1.38. The number of hydrogen-bond acceptors (Lipinski definition) is 3. The largest absolute Gasteiger partial charge is 0.370 e. The van der Waals surface area contributed by atoms with Crippen LogP contribution < -0.4 is 11.1 Å². The molecule has 0 atom stereocenters. The van der Waals surface area contributed by atoms with Gasteiger partial charge in [0.2, 0.25) is 0 Å². The number of hydrogen-bond donors (Lipinski definition) is 2. The number of halogens is 1. The first kappa shape index (κ1) is 16.1. The first-order valence-electron chi connectivity index (χ1n) is 5.35. The van der Waals surface area contributed by atoms with E-state index in [0.29, 0.717) is 12.5 Å². The lowest BCUT2D eigenvalue weighted by molar-refractivity contribution is 0.722. The standard InChI is InChI=1S/C11H19N5.HI/c1-7(2)14-11(12)13-6-10-5-8(3)15-9(4)16-10;/h5,7H,6H2,1-4H3,(H3,12,13,14);1H. The third-order valence-corrected chi connectivity index (χ3v) is 1.87. The number of aliphatic imine (C=N–C) groups is 1. The van der Waals surface area contributed by atoms with E-state index in [4.69, 9.17) is 5.73 Å². The summed E-state index contributed by atoms with van der Waals surface area (Å²) in [7, 11) is 0. The number of rotatable bonds is 3. The molecule has 6 heteroatoms. The molecule has 1 rings (SSSR count). The molecule has 1 aromatic heterocycles. The van der Waals surface area contributed by atoms with Crippen LogP contribution in [0.25, 0.3) is 0 Å². The van der Waals surface area contributed by atoms with Crippen LogP contribution in [0.15, 0.2) is 11.1 Å². The van der Waals surface area contributed by atoms with Crippen molar-refractivity contribution in [2.75, 3.05) is 0 Å². The van der Waals surface area contributed by atoms with E-state index in [-0.39, 0.29) is 30.0 Å². The van der Waals surface area contributed by atoms with Crippen LogP contribution in [0.2, 0.25) is 0 Å². The molecular weight excluding hydrogens is 329 g/mol. The molecule has 0 aliphatic heterocycles. The van der Waals surface area contributed by atoms with Gasteiger partial charge in [-0.15, -0.1) is 24.0 Å². The zero-order valence-electron chi connectivity index (χ0n) is 10.7. The smallest absolute Gasteiger partial charge is 0.189 e. The van der Waals surface area contributed by atoms with Gasteiger partial charge in [-0.25, -0.2) is 15.0 Å². The maximum atomic E-state index is 5.69. The highest BCUT2D eigenvalue weighted by atomic mass is 127. The topological polar surface area (TPSA) is 76.2 Å². The molecule has 0 bridgehead atoms. The lowest BCUT2D eigenvalue weighted by Gasteiger charge is -2.08. The van der Waals surface area contributed by atoms with Crippen LogP contribution in [-0.4, -0.2) is 22.0 Å². The van der Waals surface area contributed by atoms with Crippen molar-refractivity contribution < 1.29 is 0 Å². The molecule has 0 amide bonds. The number of nitrogens with one attached hydrogen (secondary N) is 1. The molecule has 0 aliphatic carbocycles. The van der Waals surface area contributed by atoms with Crippen LogP contribution >= 0.6 is 24.0 Å². The zero-order chi connectivity index (χ0) is 12.1. The van der Waals surface area contributed by atoms with E-state index in [1.807, 2.05) is 33.8 Å². The Bertz CT molecular complexity index is 369. The zero-order valence-corrected chi connectivity index (χ0v) is 13.0. The molecule has 1 aromatic rings. The second-order valence-corrected chi connectivity index (χ2v) is 4.05. The van der Waals surface area contributed by atoms with E-state index in [1.54, 1.807) is 0 Å². The van der Waals surface area contributed by atoms with Crippen LogP contribution in [0.4, 0.5) is 0 Å². The van der Waals surface area contributed by atoms with Gasteiger partial charge in [0.1, 0.15) is 5.82 Å². The van der Waals surface area contributed by atoms with Gasteiger partial charge in [0.05, 0.1) is 12.2 Å². The predicted molar refractivity (Wildman–Crippen MR) is 80.5 cm³/mol. The van der Waals surface area contributed by atoms with Gasteiger partial charge in [-0.3, -0.25) is 0 Å². The van der Waals surface area contributed by atoms with Gasteiger partial charge in [-0.2, -0.15) is 0 Å². The summed E-state index contributed by atoms with van der Waals surface area (Å²) in [5.74, 6) is 1.21. The Morgan fingerprint density at radius 3 is 2.59 bits per heavy atom. The Kier molecular flexibility index (Phi) is 7.01. The molecule has 1 heterocycles. The van der Waals surface area contributed by atoms with Crippen LogP contribution in [0, 0.1) is 13.8 Å². The maximum absolute atomic E-state index is 5.69. The Hall–Kier alpha value is -0.920. The summed E-state index contributed by atoms with van der Waals surface area (Å²) in [4.78, 5) is 12.7. The number of aryl methyl sites for hydroxylation is 2. The predicted octanol–water partition coefficient (Wildman–Crippen LogP) is 1.52. The van der Waals surface area contributed by atoms with Crippen LogP contribution in [0.5, 0.6) is 0 Å². The molecule has 96 valence electrons. The molecule has 0 saturated carbocycles. The summed E-state index contributed by atoms with van der Waals surface area (Å²) in [5.41, 5.74) is 7.53. The summed E-state index contributed by atoms with van der Waals surface area (Å²) in [6, 6.07) is 2.21. The SMILES string of the molecule is Cc1cc(CN=C(N)NC(C)C)nc(C)n1.I. The molecule has 0 aliphatic rings. The normalized spacial score (nSPS) is 11.2.